The van der Waals surface area contributed by atoms with Crippen LogP contribution in [0.1, 0.15) is 18.9 Å². The van der Waals surface area contributed by atoms with Crippen molar-refractivity contribution >= 4 is 5.69 Å². The highest BCUT2D eigenvalue weighted by atomic mass is 16.3. The molecule has 0 aromatic heterocycles. The minimum atomic E-state index is -0.171. The van der Waals surface area contributed by atoms with Crippen LogP contribution in [0.25, 0.3) is 0 Å². The molecule has 0 spiro atoms. The van der Waals surface area contributed by atoms with Gasteiger partial charge < -0.3 is 10.0 Å². The van der Waals surface area contributed by atoms with Crippen molar-refractivity contribution in [3.05, 3.63) is 29.8 Å². The average Bonchev–Trinajstić information content (AvgIpc) is 2.40. The number of para-hydroxylation sites is 1. The number of aliphatic hydroxyl groups is 1. The molecule has 3 heteroatoms. The lowest BCUT2D eigenvalue weighted by atomic mass is 10.1. The molecule has 1 heterocycles. The summed E-state index contributed by atoms with van der Waals surface area (Å²) < 4.78 is 0. The fourth-order valence-electron chi connectivity index (χ4n) is 2.52. The second-order valence-corrected chi connectivity index (χ2v) is 5.14. The molecular weight excluding hydrogens is 224 g/mol. The van der Waals surface area contributed by atoms with Crippen molar-refractivity contribution in [3.63, 3.8) is 0 Å². The van der Waals surface area contributed by atoms with Gasteiger partial charge in [0.2, 0.25) is 0 Å². The molecule has 1 atom stereocenters. The zero-order valence-corrected chi connectivity index (χ0v) is 11.5. The van der Waals surface area contributed by atoms with Gasteiger partial charge in [0.15, 0.2) is 0 Å². The molecule has 1 aliphatic rings. The van der Waals surface area contributed by atoms with Crippen LogP contribution in [0.2, 0.25) is 0 Å². The van der Waals surface area contributed by atoms with Crippen LogP contribution in [-0.2, 0) is 0 Å². The monoisotopic (exact) mass is 248 g/mol. The van der Waals surface area contributed by atoms with Crippen molar-refractivity contribution in [3.8, 4) is 0 Å². The zero-order chi connectivity index (χ0) is 13.0. The van der Waals surface area contributed by atoms with Crippen LogP contribution in [0.3, 0.4) is 0 Å². The lowest BCUT2D eigenvalue weighted by molar-refractivity contribution is 0.106. The number of nitrogens with zero attached hydrogens (tertiary/aromatic N) is 2. The van der Waals surface area contributed by atoms with Crippen LogP contribution in [0.5, 0.6) is 0 Å². The molecule has 1 aromatic rings. The summed E-state index contributed by atoms with van der Waals surface area (Å²) in [5, 5.41) is 9.68. The quantitative estimate of drug-likeness (QED) is 0.881. The summed E-state index contributed by atoms with van der Waals surface area (Å²) in [6, 6.07) is 8.57. The van der Waals surface area contributed by atoms with Gasteiger partial charge in [0, 0.05) is 38.4 Å². The Hall–Kier alpha value is -1.06. The van der Waals surface area contributed by atoms with E-state index in [4.69, 9.17) is 0 Å². The Bertz CT molecular complexity index is 373. The predicted octanol–water partition coefficient (Wildman–Crippen LogP) is 1.89. The molecule has 100 valence electrons. The van der Waals surface area contributed by atoms with Gasteiger partial charge in [0.05, 0.1) is 6.10 Å². The smallest absolute Gasteiger partial charge is 0.0664 e. The first-order chi connectivity index (χ1) is 8.70. The standard InChI is InChI=1S/C15H24N2O/c1-3-14(18)12-16-8-10-17(11-9-16)15-7-5-4-6-13(15)2/h4-7,14,18H,3,8-12H2,1-2H3. The van der Waals surface area contributed by atoms with Gasteiger partial charge in [-0.3, -0.25) is 4.90 Å². The largest absolute Gasteiger partial charge is 0.392 e. The van der Waals surface area contributed by atoms with E-state index in [0.29, 0.717) is 0 Å². The summed E-state index contributed by atoms with van der Waals surface area (Å²) in [4.78, 5) is 4.81. The van der Waals surface area contributed by atoms with Crippen LogP contribution in [0.4, 0.5) is 5.69 Å². The maximum atomic E-state index is 9.68. The normalized spacial score (nSPS) is 18.9. The van der Waals surface area contributed by atoms with E-state index in [2.05, 4.69) is 41.0 Å². The van der Waals surface area contributed by atoms with Crippen LogP contribution >= 0.6 is 0 Å². The molecule has 0 radical (unpaired) electrons. The highest BCUT2D eigenvalue weighted by Crippen LogP contribution is 2.20. The van der Waals surface area contributed by atoms with Gasteiger partial charge >= 0.3 is 0 Å². The first kappa shape index (κ1) is 13.4. The summed E-state index contributed by atoms with van der Waals surface area (Å²) >= 11 is 0. The van der Waals surface area contributed by atoms with Crippen molar-refractivity contribution in [2.24, 2.45) is 0 Å². The summed E-state index contributed by atoms with van der Waals surface area (Å²) in [6.45, 7) is 9.23. The van der Waals surface area contributed by atoms with Crippen molar-refractivity contribution in [2.75, 3.05) is 37.6 Å². The number of benzene rings is 1. The van der Waals surface area contributed by atoms with Gasteiger partial charge in [0.25, 0.3) is 0 Å². The molecule has 0 bridgehead atoms. The van der Waals surface area contributed by atoms with Crippen molar-refractivity contribution in [1.29, 1.82) is 0 Å². The van der Waals surface area contributed by atoms with E-state index in [-0.39, 0.29) is 6.10 Å². The molecule has 1 aromatic carbocycles. The van der Waals surface area contributed by atoms with Crippen molar-refractivity contribution in [1.82, 2.24) is 4.90 Å². The Balaban J connectivity index is 1.89. The van der Waals surface area contributed by atoms with Gasteiger partial charge in [-0.05, 0) is 25.0 Å². The molecule has 1 N–H and O–H groups in total. The fraction of sp³-hybridized carbons (Fsp3) is 0.600. The molecule has 1 aliphatic heterocycles. The third-order valence-electron chi connectivity index (χ3n) is 3.77. The summed E-state index contributed by atoms with van der Waals surface area (Å²) in [6.07, 6.45) is 0.674. The van der Waals surface area contributed by atoms with Crippen LogP contribution in [-0.4, -0.2) is 48.8 Å². The van der Waals surface area contributed by atoms with Gasteiger partial charge in [0.1, 0.15) is 0 Å². The first-order valence-electron chi connectivity index (χ1n) is 6.91. The number of aryl methyl sites for hydroxylation is 1. The van der Waals surface area contributed by atoms with E-state index >= 15 is 0 Å². The minimum absolute atomic E-state index is 0.171. The van der Waals surface area contributed by atoms with E-state index in [1.165, 1.54) is 11.3 Å². The molecule has 0 aliphatic carbocycles. The number of hydrogen-bond acceptors (Lipinski definition) is 3. The number of anilines is 1. The number of rotatable bonds is 4. The van der Waals surface area contributed by atoms with Gasteiger partial charge in [-0.25, -0.2) is 0 Å². The Morgan fingerprint density at radius 1 is 1.17 bits per heavy atom. The number of aliphatic hydroxyl groups excluding tert-OH is 1. The molecule has 3 nitrogen and oxygen atoms in total. The molecule has 0 amide bonds. The van der Waals surface area contributed by atoms with E-state index < -0.39 is 0 Å². The maximum Gasteiger partial charge on any atom is 0.0664 e. The summed E-state index contributed by atoms with van der Waals surface area (Å²) in [5.41, 5.74) is 2.70. The zero-order valence-electron chi connectivity index (χ0n) is 11.5. The summed E-state index contributed by atoms with van der Waals surface area (Å²) in [5.74, 6) is 0. The molecule has 1 unspecified atom stereocenters. The number of piperazine rings is 1. The third-order valence-corrected chi connectivity index (χ3v) is 3.77. The third kappa shape index (κ3) is 3.24. The Labute approximate surface area is 110 Å². The topological polar surface area (TPSA) is 26.7 Å². The second-order valence-electron chi connectivity index (χ2n) is 5.14. The number of β-amino-alcohol motifs (C(OH)–C–C–N with tert-alkyl or cyclic N) is 1. The summed E-state index contributed by atoms with van der Waals surface area (Å²) in [7, 11) is 0. The highest BCUT2D eigenvalue weighted by molar-refractivity contribution is 5.53. The number of hydrogen-bond donors (Lipinski definition) is 1. The Kier molecular flexibility index (Phi) is 4.61. The van der Waals surface area contributed by atoms with Crippen molar-refractivity contribution < 1.29 is 5.11 Å². The molecule has 1 fully saturated rings. The fourth-order valence-corrected chi connectivity index (χ4v) is 2.52. The molecule has 2 rings (SSSR count). The highest BCUT2D eigenvalue weighted by Gasteiger charge is 2.19. The van der Waals surface area contributed by atoms with E-state index in [1.807, 2.05) is 6.92 Å². The Morgan fingerprint density at radius 2 is 1.83 bits per heavy atom. The molecule has 1 saturated heterocycles. The lowest BCUT2D eigenvalue weighted by Gasteiger charge is -2.37. The van der Waals surface area contributed by atoms with Gasteiger partial charge in [-0.1, -0.05) is 25.1 Å². The Morgan fingerprint density at radius 3 is 2.44 bits per heavy atom. The first-order valence-corrected chi connectivity index (χ1v) is 6.91. The van der Waals surface area contributed by atoms with Gasteiger partial charge in [-0.2, -0.15) is 0 Å². The second kappa shape index (κ2) is 6.21. The van der Waals surface area contributed by atoms with Crippen LogP contribution in [0, 0.1) is 6.92 Å². The van der Waals surface area contributed by atoms with Crippen molar-refractivity contribution in [2.45, 2.75) is 26.4 Å². The van der Waals surface area contributed by atoms with E-state index in [9.17, 15) is 5.11 Å². The lowest BCUT2D eigenvalue weighted by Crippen LogP contribution is -2.48. The predicted molar refractivity (Wildman–Crippen MR) is 76.1 cm³/mol. The van der Waals surface area contributed by atoms with Gasteiger partial charge in [-0.15, -0.1) is 0 Å². The minimum Gasteiger partial charge on any atom is -0.392 e. The van der Waals surface area contributed by atoms with E-state index in [0.717, 1.165) is 39.1 Å². The van der Waals surface area contributed by atoms with Crippen LogP contribution in [0.15, 0.2) is 24.3 Å². The van der Waals surface area contributed by atoms with E-state index in [1.54, 1.807) is 0 Å². The van der Waals surface area contributed by atoms with Crippen LogP contribution < -0.4 is 4.90 Å². The molecular formula is C15H24N2O. The average molecular weight is 248 g/mol. The molecule has 18 heavy (non-hydrogen) atoms. The molecule has 0 saturated carbocycles. The maximum absolute atomic E-state index is 9.68. The SMILES string of the molecule is CCC(O)CN1CCN(c2ccccc2C)CC1.